The van der Waals surface area contributed by atoms with Gasteiger partial charge in [0.15, 0.2) is 5.76 Å². The first kappa shape index (κ1) is 17.4. The van der Waals surface area contributed by atoms with E-state index >= 15 is 0 Å². The highest BCUT2D eigenvalue weighted by Gasteiger charge is 2.30. The second-order valence-electron chi connectivity index (χ2n) is 7.02. The molecule has 1 saturated heterocycles. The first-order chi connectivity index (χ1) is 11.9. The molecule has 1 amide bonds. The fourth-order valence-electron chi connectivity index (χ4n) is 2.89. The first-order valence-electron chi connectivity index (χ1n) is 8.72. The molecule has 2 aromatic rings. The van der Waals surface area contributed by atoms with Crippen LogP contribution in [-0.2, 0) is 0 Å². The number of carbonyl (C=O) groups excluding carboxylic acids is 1. The van der Waals surface area contributed by atoms with Crippen molar-refractivity contribution < 1.29 is 13.7 Å². The number of hydrogen-bond acceptors (Lipinski definition) is 7. The minimum Gasteiger partial charge on any atom is -0.408 e. The summed E-state index contributed by atoms with van der Waals surface area (Å²) in [4.78, 5) is 16.8. The van der Waals surface area contributed by atoms with E-state index in [4.69, 9.17) is 8.94 Å². The van der Waals surface area contributed by atoms with Gasteiger partial charge in [-0.2, -0.15) is 0 Å². The minimum atomic E-state index is -0.0181. The van der Waals surface area contributed by atoms with E-state index in [9.17, 15) is 4.79 Å². The van der Waals surface area contributed by atoms with Crippen molar-refractivity contribution in [3.8, 4) is 0 Å². The number of aryl methyl sites for hydroxylation is 1. The predicted octanol–water partition coefficient (Wildman–Crippen LogP) is 2.58. The van der Waals surface area contributed by atoms with E-state index in [1.54, 1.807) is 0 Å². The lowest BCUT2D eigenvalue weighted by Crippen LogP contribution is -2.49. The molecule has 0 aromatic carbocycles. The van der Waals surface area contributed by atoms with Crippen LogP contribution in [0.1, 0.15) is 67.2 Å². The summed E-state index contributed by atoms with van der Waals surface area (Å²) in [5.41, 5.74) is 1.25. The highest BCUT2D eigenvalue weighted by molar-refractivity contribution is 5.96. The Labute approximate surface area is 147 Å². The van der Waals surface area contributed by atoms with E-state index in [0.717, 1.165) is 0 Å². The number of hydrogen-bond donors (Lipinski definition) is 0. The van der Waals surface area contributed by atoms with Gasteiger partial charge in [-0.15, -0.1) is 5.10 Å². The van der Waals surface area contributed by atoms with Crippen LogP contribution in [0.4, 0.5) is 6.01 Å². The zero-order chi connectivity index (χ0) is 18.1. The van der Waals surface area contributed by atoms with Gasteiger partial charge < -0.3 is 18.7 Å². The average molecular weight is 347 g/mol. The van der Waals surface area contributed by atoms with E-state index in [-0.39, 0.29) is 17.7 Å². The fraction of sp³-hybridized carbons (Fsp3) is 0.647. The second-order valence-corrected chi connectivity index (χ2v) is 7.02. The molecule has 3 heterocycles. The summed E-state index contributed by atoms with van der Waals surface area (Å²) in [7, 11) is 0. The summed E-state index contributed by atoms with van der Waals surface area (Å²) in [5.74, 6) is 1.60. The van der Waals surface area contributed by atoms with Gasteiger partial charge in [0.1, 0.15) is 5.56 Å². The zero-order valence-corrected chi connectivity index (χ0v) is 15.4. The van der Waals surface area contributed by atoms with Gasteiger partial charge in [-0.05, 0) is 6.92 Å². The van der Waals surface area contributed by atoms with Gasteiger partial charge in [-0.25, -0.2) is 0 Å². The van der Waals surface area contributed by atoms with Crippen LogP contribution in [0.25, 0.3) is 0 Å². The lowest BCUT2D eigenvalue weighted by molar-refractivity contribution is 0.0741. The number of rotatable bonds is 4. The molecular formula is C17H25N5O3. The van der Waals surface area contributed by atoms with Gasteiger partial charge in [-0.1, -0.05) is 38.0 Å². The Hall–Kier alpha value is -2.38. The van der Waals surface area contributed by atoms with Crippen LogP contribution in [0.15, 0.2) is 8.94 Å². The monoisotopic (exact) mass is 347 g/mol. The average Bonchev–Trinajstić information content (AvgIpc) is 3.21. The van der Waals surface area contributed by atoms with Crippen molar-refractivity contribution in [1.82, 2.24) is 20.3 Å². The zero-order valence-electron chi connectivity index (χ0n) is 15.4. The Morgan fingerprint density at radius 1 is 1.04 bits per heavy atom. The van der Waals surface area contributed by atoms with Crippen molar-refractivity contribution in [2.45, 2.75) is 46.5 Å². The molecule has 3 rings (SSSR count). The Bertz CT molecular complexity index is 741. The number of amides is 1. The van der Waals surface area contributed by atoms with Crippen LogP contribution in [0.5, 0.6) is 0 Å². The molecule has 0 atom stereocenters. The molecule has 8 heteroatoms. The minimum absolute atomic E-state index is 0.0181. The van der Waals surface area contributed by atoms with Gasteiger partial charge in [0.2, 0.25) is 5.89 Å². The van der Waals surface area contributed by atoms with Crippen LogP contribution in [0.3, 0.4) is 0 Å². The molecular weight excluding hydrogens is 322 g/mol. The topological polar surface area (TPSA) is 88.5 Å². The van der Waals surface area contributed by atoms with Crippen LogP contribution >= 0.6 is 0 Å². The summed E-state index contributed by atoms with van der Waals surface area (Å²) in [5, 5.41) is 12.2. The van der Waals surface area contributed by atoms with Crippen molar-refractivity contribution >= 4 is 11.9 Å². The van der Waals surface area contributed by atoms with Crippen molar-refractivity contribution in [1.29, 1.82) is 0 Å². The van der Waals surface area contributed by atoms with Crippen molar-refractivity contribution in [2.24, 2.45) is 0 Å². The molecule has 0 spiro atoms. The maximum absolute atomic E-state index is 12.9. The fourth-order valence-corrected chi connectivity index (χ4v) is 2.89. The smallest absolute Gasteiger partial charge is 0.318 e. The van der Waals surface area contributed by atoms with Gasteiger partial charge in [-0.3, -0.25) is 4.79 Å². The molecule has 1 aliphatic heterocycles. The maximum Gasteiger partial charge on any atom is 0.318 e. The summed E-state index contributed by atoms with van der Waals surface area (Å²) in [6.07, 6.45) is 0. The molecule has 2 aromatic heterocycles. The Morgan fingerprint density at radius 3 is 2.28 bits per heavy atom. The predicted molar refractivity (Wildman–Crippen MR) is 91.8 cm³/mol. The van der Waals surface area contributed by atoms with E-state index in [1.165, 1.54) is 0 Å². The molecule has 25 heavy (non-hydrogen) atoms. The Balaban J connectivity index is 1.68. The Kier molecular flexibility index (Phi) is 4.78. The van der Waals surface area contributed by atoms with E-state index in [2.05, 4.69) is 15.4 Å². The van der Waals surface area contributed by atoms with E-state index < -0.39 is 0 Å². The normalized spacial score (nSPS) is 15.5. The highest BCUT2D eigenvalue weighted by atomic mass is 16.5. The van der Waals surface area contributed by atoms with Crippen LogP contribution in [0, 0.1) is 6.92 Å². The summed E-state index contributed by atoms with van der Waals surface area (Å²) in [6.45, 7) is 12.3. The number of anilines is 1. The third-order valence-corrected chi connectivity index (χ3v) is 4.39. The third kappa shape index (κ3) is 3.38. The molecule has 0 bridgehead atoms. The standard InChI is InChI=1S/C17H25N5O3/c1-10(2)14-13(12(5)20-25-14)16(23)21-6-8-22(9-7-21)17-19-18-15(24-17)11(3)4/h10-11H,6-9H2,1-5H3. The number of piperazine rings is 1. The lowest BCUT2D eigenvalue weighted by Gasteiger charge is -2.33. The molecule has 0 N–H and O–H groups in total. The van der Waals surface area contributed by atoms with Crippen LogP contribution in [-0.4, -0.2) is 52.3 Å². The molecule has 0 unspecified atom stereocenters. The number of aromatic nitrogens is 3. The molecule has 1 fully saturated rings. The SMILES string of the molecule is Cc1noc(C(C)C)c1C(=O)N1CCN(c2nnc(C(C)C)o2)CC1. The summed E-state index contributed by atoms with van der Waals surface area (Å²) < 4.78 is 11.0. The van der Waals surface area contributed by atoms with Gasteiger partial charge in [0, 0.05) is 38.0 Å². The summed E-state index contributed by atoms with van der Waals surface area (Å²) >= 11 is 0. The maximum atomic E-state index is 12.9. The Morgan fingerprint density at radius 2 is 1.72 bits per heavy atom. The molecule has 0 radical (unpaired) electrons. The summed E-state index contributed by atoms with van der Waals surface area (Å²) in [6, 6.07) is 0.528. The van der Waals surface area contributed by atoms with E-state index in [1.807, 2.05) is 44.4 Å². The molecule has 0 saturated carbocycles. The highest BCUT2D eigenvalue weighted by Crippen LogP contribution is 2.25. The third-order valence-electron chi connectivity index (χ3n) is 4.39. The van der Waals surface area contributed by atoms with Gasteiger partial charge in [0.05, 0.1) is 5.69 Å². The van der Waals surface area contributed by atoms with Crippen molar-refractivity contribution in [3.05, 3.63) is 22.9 Å². The van der Waals surface area contributed by atoms with Gasteiger partial charge >= 0.3 is 6.01 Å². The number of nitrogens with zero attached hydrogens (tertiary/aromatic N) is 5. The molecule has 136 valence electrons. The first-order valence-corrected chi connectivity index (χ1v) is 8.72. The van der Waals surface area contributed by atoms with Crippen LogP contribution in [0.2, 0.25) is 0 Å². The van der Waals surface area contributed by atoms with Crippen LogP contribution < -0.4 is 4.90 Å². The second kappa shape index (κ2) is 6.85. The molecule has 0 aliphatic carbocycles. The van der Waals surface area contributed by atoms with Gasteiger partial charge in [0.25, 0.3) is 5.91 Å². The van der Waals surface area contributed by atoms with Crippen molar-refractivity contribution in [2.75, 3.05) is 31.1 Å². The van der Waals surface area contributed by atoms with Crippen molar-refractivity contribution in [3.63, 3.8) is 0 Å². The largest absolute Gasteiger partial charge is 0.408 e. The molecule has 1 aliphatic rings. The molecule has 8 nitrogen and oxygen atoms in total. The number of carbonyl (C=O) groups is 1. The lowest BCUT2D eigenvalue weighted by atomic mass is 10.0. The quantitative estimate of drug-likeness (QED) is 0.840. The van der Waals surface area contributed by atoms with E-state index in [0.29, 0.717) is 55.1 Å².